The Morgan fingerprint density at radius 3 is 2.73 bits per heavy atom. The maximum absolute atomic E-state index is 11.6. The van der Waals surface area contributed by atoms with Gasteiger partial charge in [0.1, 0.15) is 12.1 Å². The first-order valence-electron chi connectivity index (χ1n) is 5.30. The van der Waals surface area contributed by atoms with E-state index in [1.807, 2.05) is 0 Å². The molecule has 1 amide bonds. The molecule has 0 bridgehead atoms. The average Bonchev–Trinajstić information content (AvgIpc) is 2.26. The number of amides is 1. The monoisotopic (exact) mass is 215 g/mol. The quantitative estimate of drug-likeness (QED) is 0.717. The lowest BCUT2D eigenvalue weighted by Crippen LogP contribution is -2.46. The van der Waals surface area contributed by atoms with Crippen LogP contribution in [0.5, 0.6) is 0 Å². The van der Waals surface area contributed by atoms with E-state index in [4.69, 9.17) is 9.84 Å². The molecule has 5 nitrogen and oxygen atoms in total. The molecule has 1 heterocycles. The van der Waals surface area contributed by atoms with Gasteiger partial charge < -0.3 is 15.2 Å². The van der Waals surface area contributed by atoms with Crippen LogP contribution < -0.4 is 5.32 Å². The van der Waals surface area contributed by atoms with Crippen LogP contribution in [0.3, 0.4) is 0 Å². The standard InChI is InChI=1S/C10H17NO4/c1-2-7(10(13)14)11-9(12)8-5-3-4-6-15-8/h7-8H,2-6H2,1H3,(H,11,12)(H,13,14)/t7-,8?/m0/s1. The molecule has 0 aromatic rings. The molecule has 1 unspecified atom stereocenters. The lowest BCUT2D eigenvalue weighted by molar-refractivity contribution is -0.145. The number of carboxylic acids is 1. The molecule has 1 rings (SSSR count). The van der Waals surface area contributed by atoms with Crippen molar-refractivity contribution in [2.45, 2.75) is 44.8 Å². The number of carboxylic acid groups (broad SMARTS) is 1. The predicted octanol–water partition coefficient (Wildman–Crippen LogP) is 0.535. The van der Waals surface area contributed by atoms with Crippen molar-refractivity contribution < 1.29 is 19.4 Å². The Labute approximate surface area is 88.8 Å². The summed E-state index contributed by atoms with van der Waals surface area (Å²) in [5, 5.41) is 11.2. The highest BCUT2D eigenvalue weighted by atomic mass is 16.5. The Kier molecular flexibility index (Phi) is 4.55. The zero-order valence-electron chi connectivity index (χ0n) is 8.86. The van der Waals surface area contributed by atoms with Gasteiger partial charge in [-0.25, -0.2) is 4.79 Å². The van der Waals surface area contributed by atoms with Crippen molar-refractivity contribution in [3.8, 4) is 0 Å². The van der Waals surface area contributed by atoms with Crippen molar-refractivity contribution in [2.24, 2.45) is 0 Å². The maximum Gasteiger partial charge on any atom is 0.326 e. The van der Waals surface area contributed by atoms with E-state index >= 15 is 0 Å². The predicted molar refractivity (Wildman–Crippen MR) is 53.4 cm³/mol. The Morgan fingerprint density at radius 2 is 2.27 bits per heavy atom. The topological polar surface area (TPSA) is 75.6 Å². The molecular formula is C10H17NO4. The molecule has 0 aliphatic carbocycles. The third-order valence-electron chi connectivity index (χ3n) is 2.49. The second kappa shape index (κ2) is 5.70. The largest absolute Gasteiger partial charge is 0.480 e. The van der Waals surface area contributed by atoms with Crippen LogP contribution in [-0.2, 0) is 14.3 Å². The molecule has 1 aliphatic heterocycles. The van der Waals surface area contributed by atoms with E-state index in [1.165, 1.54) is 0 Å². The second-order valence-electron chi connectivity index (χ2n) is 3.66. The van der Waals surface area contributed by atoms with Crippen molar-refractivity contribution >= 4 is 11.9 Å². The van der Waals surface area contributed by atoms with Gasteiger partial charge in [0.05, 0.1) is 0 Å². The lowest BCUT2D eigenvalue weighted by Gasteiger charge is -2.23. The number of carbonyl (C=O) groups excluding carboxylic acids is 1. The Morgan fingerprint density at radius 1 is 1.53 bits per heavy atom. The van der Waals surface area contributed by atoms with Gasteiger partial charge in [-0.1, -0.05) is 6.92 Å². The Bertz CT molecular complexity index is 236. The molecule has 1 saturated heterocycles. The minimum Gasteiger partial charge on any atom is -0.480 e. The van der Waals surface area contributed by atoms with Crippen molar-refractivity contribution in [2.75, 3.05) is 6.61 Å². The van der Waals surface area contributed by atoms with Gasteiger partial charge in [-0.15, -0.1) is 0 Å². The number of nitrogens with one attached hydrogen (secondary N) is 1. The van der Waals surface area contributed by atoms with Crippen LogP contribution in [0.4, 0.5) is 0 Å². The van der Waals surface area contributed by atoms with Gasteiger partial charge in [0.25, 0.3) is 0 Å². The van der Waals surface area contributed by atoms with Crippen molar-refractivity contribution in [1.29, 1.82) is 0 Å². The van der Waals surface area contributed by atoms with E-state index in [1.54, 1.807) is 6.92 Å². The Hall–Kier alpha value is -1.10. The fraction of sp³-hybridized carbons (Fsp3) is 0.800. The maximum atomic E-state index is 11.6. The summed E-state index contributed by atoms with van der Waals surface area (Å²) in [6, 6.07) is -0.803. The SMILES string of the molecule is CC[C@H](NC(=O)C1CCCCO1)C(=O)O. The highest BCUT2D eigenvalue weighted by Crippen LogP contribution is 2.12. The minimum absolute atomic E-state index is 0.302. The molecule has 2 N–H and O–H groups in total. The van der Waals surface area contributed by atoms with Gasteiger partial charge >= 0.3 is 5.97 Å². The highest BCUT2D eigenvalue weighted by molar-refractivity contribution is 5.86. The molecule has 1 aliphatic rings. The smallest absolute Gasteiger partial charge is 0.326 e. The molecule has 0 aromatic carbocycles. The van der Waals surface area contributed by atoms with Crippen LogP contribution >= 0.6 is 0 Å². The summed E-state index contributed by atoms with van der Waals surface area (Å²) in [7, 11) is 0. The molecular weight excluding hydrogens is 198 g/mol. The minimum atomic E-state index is -0.998. The first-order chi connectivity index (χ1) is 7.15. The summed E-state index contributed by atoms with van der Waals surface area (Å²) in [4.78, 5) is 22.3. The molecule has 2 atom stereocenters. The van der Waals surface area contributed by atoms with Crippen LogP contribution in [0.2, 0.25) is 0 Å². The number of aliphatic carboxylic acids is 1. The van der Waals surface area contributed by atoms with E-state index in [2.05, 4.69) is 5.32 Å². The van der Waals surface area contributed by atoms with Crippen molar-refractivity contribution in [1.82, 2.24) is 5.32 Å². The molecule has 1 fully saturated rings. The molecule has 86 valence electrons. The summed E-state index contributed by atoms with van der Waals surface area (Å²) in [6.45, 7) is 2.31. The summed E-state index contributed by atoms with van der Waals surface area (Å²) in [5.41, 5.74) is 0. The lowest BCUT2D eigenvalue weighted by atomic mass is 10.1. The van der Waals surface area contributed by atoms with E-state index in [9.17, 15) is 9.59 Å². The van der Waals surface area contributed by atoms with Crippen LogP contribution in [0.25, 0.3) is 0 Å². The zero-order chi connectivity index (χ0) is 11.3. The normalized spacial score (nSPS) is 23.1. The van der Waals surface area contributed by atoms with Crippen LogP contribution in [-0.4, -0.2) is 35.7 Å². The number of ether oxygens (including phenoxy) is 1. The van der Waals surface area contributed by atoms with Gasteiger partial charge in [0.2, 0.25) is 5.91 Å². The fourth-order valence-corrected chi connectivity index (χ4v) is 1.55. The number of hydrogen-bond donors (Lipinski definition) is 2. The molecule has 0 spiro atoms. The van der Waals surface area contributed by atoms with Gasteiger partial charge in [-0.3, -0.25) is 4.79 Å². The molecule has 0 aromatic heterocycles. The molecule has 5 heteroatoms. The van der Waals surface area contributed by atoms with E-state index in [0.29, 0.717) is 19.4 Å². The number of hydrogen-bond acceptors (Lipinski definition) is 3. The third-order valence-corrected chi connectivity index (χ3v) is 2.49. The zero-order valence-corrected chi connectivity index (χ0v) is 8.86. The fourth-order valence-electron chi connectivity index (χ4n) is 1.55. The van der Waals surface area contributed by atoms with Crippen molar-refractivity contribution in [3.63, 3.8) is 0 Å². The molecule has 15 heavy (non-hydrogen) atoms. The van der Waals surface area contributed by atoms with Crippen LogP contribution in [0, 0.1) is 0 Å². The van der Waals surface area contributed by atoms with Gasteiger partial charge in [0, 0.05) is 6.61 Å². The number of rotatable bonds is 4. The molecule has 0 radical (unpaired) electrons. The summed E-state index contributed by atoms with van der Waals surface area (Å²) >= 11 is 0. The van der Waals surface area contributed by atoms with Gasteiger partial charge in [0.15, 0.2) is 0 Å². The van der Waals surface area contributed by atoms with Crippen LogP contribution in [0.15, 0.2) is 0 Å². The van der Waals surface area contributed by atoms with Gasteiger partial charge in [-0.05, 0) is 25.7 Å². The third kappa shape index (κ3) is 3.51. The first-order valence-corrected chi connectivity index (χ1v) is 5.30. The van der Waals surface area contributed by atoms with E-state index in [0.717, 1.165) is 12.8 Å². The van der Waals surface area contributed by atoms with Crippen molar-refractivity contribution in [3.05, 3.63) is 0 Å². The average molecular weight is 215 g/mol. The molecule has 0 saturated carbocycles. The van der Waals surface area contributed by atoms with E-state index < -0.39 is 18.1 Å². The summed E-state index contributed by atoms with van der Waals surface area (Å²) in [6.07, 6.45) is 2.53. The summed E-state index contributed by atoms with van der Waals surface area (Å²) in [5.74, 6) is -1.30. The van der Waals surface area contributed by atoms with E-state index in [-0.39, 0.29) is 5.91 Å². The number of carbonyl (C=O) groups is 2. The second-order valence-corrected chi connectivity index (χ2v) is 3.66. The Balaban J connectivity index is 2.42. The summed E-state index contributed by atoms with van der Waals surface area (Å²) < 4.78 is 5.26. The first kappa shape index (κ1) is 12.0. The van der Waals surface area contributed by atoms with Gasteiger partial charge in [-0.2, -0.15) is 0 Å². The highest BCUT2D eigenvalue weighted by Gasteiger charge is 2.25. The van der Waals surface area contributed by atoms with Crippen LogP contribution in [0.1, 0.15) is 32.6 Å².